The first-order valence-corrected chi connectivity index (χ1v) is 6.46. The van der Waals surface area contributed by atoms with Crippen molar-refractivity contribution in [2.75, 3.05) is 37.9 Å². The summed E-state index contributed by atoms with van der Waals surface area (Å²) in [6.07, 6.45) is 3.98. The molecule has 1 aliphatic rings. The molecule has 2 rings (SSSR count). The third kappa shape index (κ3) is 2.96. The van der Waals surface area contributed by atoms with Gasteiger partial charge in [0.15, 0.2) is 0 Å². The molecule has 0 atom stereocenters. The molecule has 6 heteroatoms. The normalized spacial score (nSPS) is 16.4. The van der Waals surface area contributed by atoms with E-state index in [1.165, 1.54) is 7.11 Å². The van der Waals surface area contributed by atoms with Crippen LogP contribution in [0.2, 0.25) is 0 Å². The fraction of sp³-hybridized carbons (Fsp3) is 0.538. The van der Waals surface area contributed by atoms with E-state index < -0.39 is 0 Å². The van der Waals surface area contributed by atoms with E-state index in [-0.39, 0.29) is 5.90 Å². The highest BCUT2D eigenvalue weighted by Gasteiger charge is 2.19. The lowest BCUT2D eigenvalue weighted by molar-refractivity contribution is 0.401. The zero-order valence-corrected chi connectivity index (χ0v) is 11.4. The Balaban J connectivity index is 2.15. The predicted octanol–water partition coefficient (Wildman–Crippen LogP) is 0.824. The Bertz CT molecular complexity index is 454. The number of nitrogen functional groups attached to an aromatic ring is 1. The van der Waals surface area contributed by atoms with Gasteiger partial charge in [0.25, 0.3) is 0 Å². The molecule has 1 fully saturated rings. The third-order valence-corrected chi connectivity index (χ3v) is 3.62. The number of nitrogens with one attached hydrogen (secondary N) is 2. The largest absolute Gasteiger partial charge is 0.481 e. The minimum absolute atomic E-state index is 0.0527. The topological polar surface area (TPSA) is 87.3 Å². The van der Waals surface area contributed by atoms with E-state index in [0.717, 1.165) is 31.6 Å². The van der Waals surface area contributed by atoms with E-state index in [9.17, 15) is 0 Å². The van der Waals surface area contributed by atoms with Crippen molar-refractivity contribution >= 4 is 17.4 Å². The molecule has 0 aliphatic carbocycles. The standard InChI is InChI=1S/C13H21N5O/c1-16-9-3-5-18(6-4-9)10-7-11(13(15)19-2)12(14)17-8-10/h7-9,15-16H,3-6H2,1-2H3,(H2,14,17). The molecule has 104 valence electrons. The van der Waals surface area contributed by atoms with Crippen molar-refractivity contribution < 1.29 is 4.74 Å². The molecule has 19 heavy (non-hydrogen) atoms. The molecule has 1 aromatic heterocycles. The van der Waals surface area contributed by atoms with E-state index in [0.29, 0.717) is 17.4 Å². The van der Waals surface area contributed by atoms with Gasteiger partial charge in [-0.05, 0) is 26.0 Å². The second kappa shape index (κ2) is 5.88. The van der Waals surface area contributed by atoms with Crippen molar-refractivity contribution in [1.82, 2.24) is 10.3 Å². The zero-order chi connectivity index (χ0) is 13.8. The number of piperidine rings is 1. The number of hydrogen-bond acceptors (Lipinski definition) is 6. The maximum atomic E-state index is 7.72. The summed E-state index contributed by atoms with van der Waals surface area (Å²) < 4.78 is 4.93. The fourth-order valence-electron chi connectivity index (χ4n) is 2.36. The van der Waals surface area contributed by atoms with E-state index in [4.69, 9.17) is 15.9 Å². The number of rotatable bonds is 3. The van der Waals surface area contributed by atoms with Crippen molar-refractivity contribution in [3.05, 3.63) is 17.8 Å². The maximum Gasteiger partial charge on any atom is 0.216 e. The van der Waals surface area contributed by atoms with Gasteiger partial charge in [-0.3, -0.25) is 5.41 Å². The second-order valence-corrected chi connectivity index (χ2v) is 4.71. The van der Waals surface area contributed by atoms with Crippen LogP contribution in [0.5, 0.6) is 0 Å². The molecular formula is C13H21N5O. The molecule has 0 unspecified atom stereocenters. The lowest BCUT2D eigenvalue weighted by Gasteiger charge is -2.33. The number of hydrogen-bond donors (Lipinski definition) is 3. The zero-order valence-electron chi connectivity index (χ0n) is 11.4. The molecule has 1 saturated heterocycles. The molecule has 0 amide bonds. The Morgan fingerprint density at radius 2 is 2.21 bits per heavy atom. The van der Waals surface area contributed by atoms with Gasteiger partial charge in [-0.2, -0.15) is 0 Å². The first-order valence-electron chi connectivity index (χ1n) is 6.46. The van der Waals surface area contributed by atoms with Crippen LogP contribution in [0.3, 0.4) is 0 Å². The van der Waals surface area contributed by atoms with Gasteiger partial charge in [0.2, 0.25) is 5.90 Å². The highest BCUT2D eigenvalue weighted by atomic mass is 16.5. The molecule has 6 nitrogen and oxygen atoms in total. The van der Waals surface area contributed by atoms with Gasteiger partial charge in [-0.25, -0.2) is 4.98 Å². The number of methoxy groups -OCH3 is 1. The van der Waals surface area contributed by atoms with Gasteiger partial charge in [-0.15, -0.1) is 0 Å². The molecule has 0 radical (unpaired) electrons. The van der Waals surface area contributed by atoms with Crippen LogP contribution in [0.4, 0.5) is 11.5 Å². The van der Waals surface area contributed by atoms with Crippen LogP contribution in [0.15, 0.2) is 12.3 Å². The van der Waals surface area contributed by atoms with Gasteiger partial charge in [-0.1, -0.05) is 0 Å². The molecule has 1 aliphatic heterocycles. The average Bonchev–Trinajstić information content (AvgIpc) is 2.47. The molecule has 1 aromatic rings. The van der Waals surface area contributed by atoms with Gasteiger partial charge in [0.05, 0.1) is 24.6 Å². The monoisotopic (exact) mass is 263 g/mol. The van der Waals surface area contributed by atoms with E-state index >= 15 is 0 Å². The summed E-state index contributed by atoms with van der Waals surface area (Å²) in [5.41, 5.74) is 7.33. The number of ether oxygens (including phenoxy) is 1. The quantitative estimate of drug-likeness (QED) is 0.555. The highest BCUT2D eigenvalue weighted by Crippen LogP contribution is 2.23. The molecule has 0 bridgehead atoms. The van der Waals surface area contributed by atoms with Crippen LogP contribution in [0.1, 0.15) is 18.4 Å². The number of anilines is 2. The summed E-state index contributed by atoms with van der Waals surface area (Å²) >= 11 is 0. The van der Waals surface area contributed by atoms with Crippen molar-refractivity contribution in [3.63, 3.8) is 0 Å². The smallest absolute Gasteiger partial charge is 0.216 e. The summed E-state index contributed by atoms with van der Waals surface area (Å²) in [6, 6.07) is 2.48. The van der Waals surface area contributed by atoms with Gasteiger partial charge in [0.1, 0.15) is 5.82 Å². The van der Waals surface area contributed by atoms with E-state index in [2.05, 4.69) is 15.2 Å². The minimum atomic E-state index is 0.0527. The summed E-state index contributed by atoms with van der Waals surface area (Å²) in [5.74, 6) is 0.387. The highest BCUT2D eigenvalue weighted by molar-refractivity contribution is 5.96. The van der Waals surface area contributed by atoms with Gasteiger partial charge < -0.3 is 20.7 Å². The van der Waals surface area contributed by atoms with Crippen molar-refractivity contribution in [1.29, 1.82) is 5.41 Å². The van der Waals surface area contributed by atoms with E-state index in [1.54, 1.807) is 6.20 Å². The van der Waals surface area contributed by atoms with Crippen molar-refractivity contribution in [2.45, 2.75) is 18.9 Å². The van der Waals surface area contributed by atoms with E-state index in [1.807, 2.05) is 13.1 Å². The molecule has 0 aromatic carbocycles. The molecule has 4 N–H and O–H groups in total. The maximum absolute atomic E-state index is 7.72. The second-order valence-electron chi connectivity index (χ2n) is 4.71. The first-order chi connectivity index (χ1) is 9.15. The average molecular weight is 263 g/mol. The Morgan fingerprint density at radius 1 is 1.53 bits per heavy atom. The number of aromatic nitrogens is 1. The predicted molar refractivity (Wildman–Crippen MR) is 76.8 cm³/mol. The molecule has 2 heterocycles. The molecule has 0 spiro atoms. The van der Waals surface area contributed by atoms with Crippen LogP contribution in [0, 0.1) is 5.41 Å². The third-order valence-electron chi connectivity index (χ3n) is 3.62. The number of pyridine rings is 1. The number of nitrogens with two attached hydrogens (primary N) is 1. The van der Waals surface area contributed by atoms with Crippen LogP contribution in [-0.2, 0) is 4.74 Å². The van der Waals surface area contributed by atoms with Gasteiger partial charge in [0, 0.05) is 19.1 Å². The SMILES string of the molecule is CNC1CCN(c2cnc(N)c(C(=N)OC)c2)CC1. The van der Waals surface area contributed by atoms with Crippen molar-refractivity contribution in [3.8, 4) is 0 Å². The Morgan fingerprint density at radius 3 is 2.79 bits per heavy atom. The minimum Gasteiger partial charge on any atom is -0.481 e. The lowest BCUT2D eigenvalue weighted by atomic mass is 10.0. The summed E-state index contributed by atoms with van der Waals surface area (Å²) in [5, 5.41) is 11.0. The summed E-state index contributed by atoms with van der Waals surface area (Å²) in [4.78, 5) is 6.43. The van der Waals surface area contributed by atoms with Crippen LogP contribution < -0.4 is 16.0 Å². The van der Waals surface area contributed by atoms with Crippen molar-refractivity contribution in [2.24, 2.45) is 0 Å². The Kier molecular flexibility index (Phi) is 4.21. The summed E-state index contributed by atoms with van der Waals surface area (Å²) in [6.45, 7) is 1.97. The van der Waals surface area contributed by atoms with Crippen LogP contribution in [0.25, 0.3) is 0 Å². The summed E-state index contributed by atoms with van der Waals surface area (Å²) in [7, 11) is 3.47. The fourth-order valence-corrected chi connectivity index (χ4v) is 2.36. The van der Waals surface area contributed by atoms with Crippen LogP contribution >= 0.6 is 0 Å². The first kappa shape index (κ1) is 13.6. The number of nitrogens with zero attached hydrogens (tertiary/aromatic N) is 2. The molecular weight excluding hydrogens is 242 g/mol. The molecule has 0 saturated carbocycles. The Labute approximate surface area is 113 Å². The lowest BCUT2D eigenvalue weighted by Crippen LogP contribution is -2.41. The Hall–Kier alpha value is -1.82. The van der Waals surface area contributed by atoms with Gasteiger partial charge >= 0.3 is 0 Å². The van der Waals surface area contributed by atoms with Crippen LogP contribution in [-0.4, -0.2) is 44.2 Å².